The molecule has 4 heterocycles. The van der Waals surface area contributed by atoms with Gasteiger partial charge in [-0.15, -0.1) is 0 Å². The molecule has 1 aromatic carbocycles. The zero-order valence-electron chi connectivity index (χ0n) is 12.6. The Morgan fingerprint density at radius 3 is 3.13 bits per heavy atom. The van der Waals surface area contributed by atoms with E-state index in [1.165, 1.54) is 12.8 Å². The van der Waals surface area contributed by atoms with Gasteiger partial charge in [0.15, 0.2) is 11.4 Å². The van der Waals surface area contributed by atoms with Crippen molar-refractivity contribution in [2.24, 2.45) is 5.92 Å². The van der Waals surface area contributed by atoms with Crippen LogP contribution in [0.2, 0.25) is 5.02 Å². The predicted octanol–water partition coefficient (Wildman–Crippen LogP) is 3.22. The highest BCUT2D eigenvalue weighted by atomic mass is 35.5. The van der Waals surface area contributed by atoms with Gasteiger partial charge in [-0.3, -0.25) is 0 Å². The van der Waals surface area contributed by atoms with Crippen LogP contribution in [0.1, 0.15) is 12.8 Å². The Hall–Kier alpha value is -1.85. The van der Waals surface area contributed by atoms with Crippen LogP contribution in [0, 0.1) is 5.92 Å². The van der Waals surface area contributed by atoms with Crippen LogP contribution < -0.4 is 10.2 Å². The third-order valence-corrected chi connectivity index (χ3v) is 5.33. The molecule has 0 aliphatic carbocycles. The zero-order valence-corrected chi connectivity index (χ0v) is 13.4. The second kappa shape index (κ2) is 5.08. The van der Waals surface area contributed by atoms with E-state index in [0.717, 1.165) is 47.5 Å². The lowest BCUT2D eigenvalue weighted by Crippen LogP contribution is -2.40. The van der Waals surface area contributed by atoms with Crippen LogP contribution in [0.4, 0.5) is 5.82 Å². The number of rotatable bonds is 1. The number of halogens is 1. The third-order valence-electron chi connectivity index (χ3n) is 5.09. The molecule has 5 rings (SSSR count). The summed E-state index contributed by atoms with van der Waals surface area (Å²) in [6.07, 6.45) is 4.18. The second-order valence-corrected chi connectivity index (χ2v) is 6.92. The minimum atomic E-state index is 0.563. The molecule has 3 aromatic rings. The molecule has 23 heavy (non-hydrogen) atoms. The first-order chi connectivity index (χ1) is 11.3. The van der Waals surface area contributed by atoms with E-state index in [1.807, 2.05) is 18.2 Å². The fourth-order valence-electron chi connectivity index (χ4n) is 3.98. The highest BCUT2D eigenvalue weighted by Gasteiger charge is 2.36. The number of anilines is 1. The molecule has 1 N–H and O–H groups in total. The third kappa shape index (κ3) is 2.11. The average molecular weight is 329 g/mol. The average Bonchev–Trinajstić information content (AvgIpc) is 3.15. The maximum absolute atomic E-state index is 6.12. The largest absolute Gasteiger partial charge is 0.450 e. The minimum Gasteiger partial charge on any atom is -0.450 e. The van der Waals surface area contributed by atoms with Gasteiger partial charge in [0.25, 0.3) is 0 Å². The van der Waals surface area contributed by atoms with Gasteiger partial charge in [-0.25, -0.2) is 9.97 Å². The Morgan fingerprint density at radius 2 is 2.22 bits per heavy atom. The normalized spacial score (nSPS) is 24.5. The molecule has 2 atom stereocenters. The summed E-state index contributed by atoms with van der Waals surface area (Å²) in [5, 5.41) is 5.27. The quantitative estimate of drug-likeness (QED) is 0.743. The van der Waals surface area contributed by atoms with Gasteiger partial charge in [0, 0.05) is 29.5 Å². The molecule has 0 radical (unpaired) electrons. The Bertz CT molecular complexity index is 879. The fourth-order valence-corrected chi connectivity index (χ4v) is 4.15. The molecular formula is C17H17ClN4O. The van der Waals surface area contributed by atoms with Crippen molar-refractivity contribution in [2.45, 2.75) is 18.9 Å². The molecule has 0 saturated carbocycles. The van der Waals surface area contributed by atoms with Crippen molar-refractivity contribution < 1.29 is 4.42 Å². The smallest absolute Gasteiger partial charge is 0.196 e. The number of benzene rings is 1. The number of fused-ring (bicyclic) bond motifs is 4. The summed E-state index contributed by atoms with van der Waals surface area (Å²) < 4.78 is 6.06. The standard InChI is InChI=1S/C17H17ClN4O/c18-11-3-4-14-12(6-11)15-16(23-14)17(21-9-20-15)22-7-10-2-1-5-19-13(10)8-22/h3-4,6,9-10,13,19H,1-2,5,7-8H2. The van der Waals surface area contributed by atoms with Crippen molar-refractivity contribution >= 4 is 39.5 Å². The van der Waals surface area contributed by atoms with Crippen LogP contribution in [0.15, 0.2) is 28.9 Å². The van der Waals surface area contributed by atoms with Crippen molar-refractivity contribution in [3.05, 3.63) is 29.5 Å². The van der Waals surface area contributed by atoms with Crippen molar-refractivity contribution in [1.82, 2.24) is 15.3 Å². The van der Waals surface area contributed by atoms with E-state index < -0.39 is 0 Å². The van der Waals surface area contributed by atoms with Gasteiger partial charge in [-0.05, 0) is 43.5 Å². The molecule has 6 heteroatoms. The van der Waals surface area contributed by atoms with Crippen LogP contribution in [-0.2, 0) is 0 Å². The van der Waals surface area contributed by atoms with E-state index in [2.05, 4.69) is 20.2 Å². The van der Waals surface area contributed by atoms with E-state index >= 15 is 0 Å². The molecule has 0 spiro atoms. The van der Waals surface area contributed by atoms with Gasteiger partial charge in [-0.2, -0.15) is 0 Å². The summed E-state index contributed by atoms with van der Waals surface area (Å²) in [4.78, 5) is 11.3. The number of aromatic nitrogens is 2. The van der Waals surface area contributed by atoms with Crippen LogP contribution in [0.3, 0.4) is 0 Å². The predicted molar refractivity (Wildman–Crippen MR) is 91.0 cm³/mol. The van der Waals surface area contributed by atoms with Gasteiger partial charge in [-0.1, -0.05) is 11.6 Å². The summed E-state index contributed by atoms with van der Waals surface area (Å²) >= 11 is 6.12. The minimum absolute atomic E-state index is 0.563. The SMILES string of the molecule is Clc1ccc2oc3c(N4CC5CCCNC5C4)ncnc3c2c1. The number of hydrogen-bond donors (Lipinski definition) is 1. The van der Waals surface area contributed by atoms with E-state index in [0.29, 0.717) is 17.0 Å². The summed E-state index contributed by atoms with van der Waals surface area (Å²) in [6.45, 7) is 3.13. The summed E-state index contributed by atoms with van der Waals surface area (Å²) in [5.41, 5.74) is 2.42. The maximum atomic E-state index is 6.12. The Morgan fingerprint density at radius 1 is 1.26 bits per heavy atom. The first-order valence-electron chi connectivity index (χ1n) is 8.11. The van der Waals surface area contributed by atoms with Crippen LogP contribution in [-0.4, -0.2) is 35.6 Å². The van der Waals surface area contributed by atoms with Gasteiger partial charge < -0.3 is 14.6 Å². The fraction of sp³-hybridized carbons (Fsp3) is 0.412. The van der Waals surface area contributed by atoms with E-state index in [4.69, 9.17) is 16.0 Å². The molecule has 2 aliphatic heterocycles. The number of nitrogens with one attached hydrogen (secondary N) is 1. The Balaban J connectivity index is 1.63. The molecule has 2 fully saturated rings. The molecule has 5 nitrogen and oxygen atoms in total. The van der Waals surface area contributed by atoms with Crippen molar-refractivity contribution in [3.8, 4) is 0 Å². The molecule has 2 aliphatic rings. The lowest BCUT2D eigenvalue weighted by atomic mass is 9.94. The number of nitrogens with zero attached hydrogens (tertiary/aromatic N) is 3. The molecule has 0 amide bonds. The highest BCUT2D eigenvalue weighted by Crippen LogP contribution is 2.36. The van der Waals surface area contributed by atoms with E-state index in [-0.39, 0.29) is 0 Å². The summed E-state index contributed by atoms with van der Waals surface area (Å²) in [6, 6.07) is 6.21. The number of furan rings is 1. The number of hydrogen-bond acceptors (Lipinski definition) is 5. The van der Waals surface area contributed by atoms with Gasteiger partial charge in [0.2, 0.25) is 0 Å². The molecule has 2 saturated heterocycles. The molecule has 0 bridgehead atoms. The van der Waals surface area contributed by atoms with E-state index in [1.54, 1.807) is 6.33 Å². The monoisotopic (exact) mass is 328 g/mol. The number of piperidine rings is 1. The lowest BCUT2D eigenvalue weighted by Gasteiger charge is -2.24. The van der Waals surface area contributed by atoms with E-state index in [9.17, 15) is 0 Å². The van der Waals surface area contributed by atoms with Gasteiger partial charge >= 0.3 is 0 Å². The lowest BCUT2D eigenvalue weighted by molar-refractivity contribution is 0.340. The zero-order chi connectivity index (χ0) is 15.4. The Labute approximate surface area is 138 Å². The topological polar surface area (TPSA) is 54.2 Å². The van der Waals surface area contributed by atoms with Crippen LogP contribution >= 0.6 is 11.6 Å². The summed E-state index contributed by atoms with van der Waals surface area (Å²) in [5.74, 6) is 1.60. The Kier molecular flexibility index (Phi) is 3.00. The summed E-state index contributed by atoms with van der Waals surface area (Å²) in [7, 11) is 0. The van der Waals surface area contributed by atoms with Crippen molar-refractivity contribution in [2.75, 3.05) is 24.5 Å². The maximum Gasteiger partial charge on any atom is 0.196 e. The van der Waals surface area contributed by atoms with Crippen molar-refractivity contribution in [3.63, 3.8) is 0 Å². The molecule has 118 valence electrons. The second-order valence-electron chi connectivity index (χ2n) is 6.49. The highest BCUT2D eigenvalue weighted by molar-refractivity contribution is 6.31. The molecule has 2 unspecified atom stereocenters. The molecule has 2 aromatic heterocycles. The van der Waals surface area contributed by atoms with Gasteiger partial charge in [0.05, 0.1) is 0 Å². The van der Waals surface area contributed by atoms with Crippen molar-refractivity contribution in [1.29, 1.82) is 0 Å². The van der Waals surface area contributed by atoms with Crippen LogP contribution in [0.5, 0.6) is 0 Å². The first-order valence-corrected chi connectivity index (χ1v) is 8.48. The van der Waals surface area contributed by atoms with Crippen LogP contribution in [0.25, 0.3) is 22.1 Å². The first kappa shape index (κ1) is 13.6. The molecular weight excluding hydrogens is 312 g/mol. The van der Waals surface area contributed by atoms with Gasteiger partial charge in [0.1, 0.15) is 17.4 Å².